The predicted molar refractivity (Wildman–Crippen MR) is 61.0 cm³/mol. The van der Waals surface area contributed by atoms with Crippen LogP contribution in [0.4, 0.5) is 0 Å². The van der Waals surface area contributed by atoms with Crippen molar-refractivity contribution in [2.45, 2.75) is 6.92 Å². The van der Waals surface area contributed by atoms with Crippen molar-refractivity contribution in [1.29, 1.82) is 0 Å². The molecule has 66 valence electrons. The van der Waals surface area contributed by atoms with Crippen molar-refractivity contribution in [3.8, 4) is 5.69 Å². The Morgan fingerprint density at radius 1 is 1.23 bits per heavy atom. The molecule has 0 amide bonds. The molecule has 1 aromatic heterocycles. The van der Waals surface area contributed by atoms with E-state index >= 15 is 0 Å². The molecule has 2 nitrogen and oxygen atoms in total. The number of hydrogen-bond acceptors (Lipinski definition) is 1. The highest BCUT2D eigenvalue weighted by atomic mass is 127. The number of para-hydroxylation sites is 1. The van der Waals surface area contributed by atoms with E-state index < -0.39 is 0 Å². The van der Waals surface area contributed by atoms with Crippen LogP contribution < -0.4 is 0 Å². The van der Waals surface area contributed by atoms with Gasteiger partial charge in [-0.3, -0.25) is 0 Å². The van der Waals surface area contributed by atoms with Gasteiger partial charge in [-0.25, -0.2) is 4.68 Å². The Bertz CT molecular complexity index is 406. The van der Waals surface area contributed by atoms with Crippen LogP contribution in [0.15, 0.2) is 36.5 Å². The SMILES string of the molecule is Cc1c(I)cnn1-c1ccccc1. The summed E-state index contributed by atoms with van der Waals surface area (Å²) in [6.07, 6.45) is 1.88. The van der Waals surface area contributed by atoms with Gasteiger partial charge in [0.25, 0.3) is 0 Å². The standard InChI is InChI=1S/C10H9IN2/c1-8-10(11)7-12-13(8)9-5-3-2-4-6-9/h2-7H,1H3. The minimum atomic E-state index is 1.11. The van der Waals surface area contributed by atoms with Crippen LogP contribution in [0.5, 0.6) is 0 Å². The summed E-state index contributed by atoms with van der Waals surface area (Å²) in [5.41, 5.74) is 2.30. The predicted octanol–water partition coefficient (Wildman–Crippen LogP) is 2.79. The van der Waals surface area contributed by atoms with Crippen LogP contribution >= 0.6 is 22.6 Å². The van der Waals surface area contributed by atoms with Gasteiger partial charge in [-0.05, 0) is 41.6 Å². The molecule has 2 rings (SSSR count). The van der Waals surface area contributed by atoms with Gasteiger partial charge in [-0.15, -0.1) is 0 Å². The zero-order valence-corrected chi connectivity index (χ0v) is 9.39. The van der Waals surface area contributed by atoms with Gasteiger partial charge >= 0.3 is 0 Å². The second-order valence-corrected chi connectivity index (χ2v) is 3.99. The lowest BCUT2D eigenvalue weighted by atomic mass is 10.3. The van der Waals surface area contributed by atoms with Crippen molar-refractivity contribution in [2.24, 2.45) is 0 Å². The maximum Gasteiger partial charge on any atom is 0.0649 e. The molecular weight excluding hydrogens is 275 g/mol. The average molecular weight is 284 g/mol. The Labute approximate surface area is 90.7 Å². The fourth-order valence-electron chi connectivity index (χ4n) is 1.22. The largest absolute Gasteiger partial charge is 0.237 e. The third kappa shape index (κ3) is 1.60. The molecule has 0 aliphatic heterocycles. The molecule has 0 N–H and O–H groups in total. The van der Waals surface area contributed by atoms with E-state index in [0.29, 0.717) is 0 Å². The van der Waals surface area contributed by atoms with Crippen LogP contribution in [0.1, 0.15) is 5.69 Å². The molecule has 0 saturated heterocycles. The summed E-state index contributed by atoms with van der Waals surface area (Å²) in [6.45, 7) is 2.07. The Hall–Kier alpha value is -0.840. The highest BCUT2D eigenvalue weighted by molar-refractivity contribution is 14.1. The number of halogens is 1. The van der Waals surface area contributed by atoms with Crippen molar-refractivity contribution in [1.82, 2.24) is 9.78 Å². The van der Waals surface area contributed by atoms with Gasteiger partial charge in [0.05, 0.1) is 21.1 Å². The molecule has 0 fully saturated rings. The Kier molecular flexibility index (Phi) is 2.35. The molecule has 3 heteroatoms. The van der Waals surface area contributed by atoms with Gasteiger partial charge in [-0.1, -0.05) is 18.2 Å². The van der Waals surface area contributed by atoms with Gasteiger partial charge in [0.2, 0.25) is 0 Å². The van der Waals surface area contributed by atoms with Crippen LogP contribution in [-0.2, 0) is 0 Å². The summed E-state index contributed by atoms with van der Waals surface area (Å²) in [4.78, 5) is 0. The van der Waals surface area contributed by atoms with Gasteiger partial charge in [-0.2, -0.15) is 5.10 Å². The quantitative estimate of drug-likeness (QED) is 0.736. The Morgan fingerprint density at radius 2 is 1.92 bits per heavy atom. The molecule has 1 heterocycles. The molecule has 1 aromatic carbocycles. The van der Waals surface area contributed by atoms with Crippen molar-refractivity contribution >= 4 is 22.6 Å². The molecule has 0 saturated carbocycles. The summed E-state index contributed by atoms with van der Waals surface area (Å²) < 4.78 is 3.14. The van der Waals surface area contributed by atoms with Crippen LogP contribution in [0.25, 0.3) is 5.69 Å². The van der Waals surface area contributed by atoms with E-state index in [1.165, 1.54) is 9.26 Å². The smallest absolute Gasteiger partial charge is 0.0649 e. The summed E-state index contributed by atoms with van der Waals surface area (Å²) in [5.74, 6) is 0. The minimum Gasteiger partial charge on any atom is -0.237 e. The maximum absolute atomic E-state index is 4.29. The number of hydrogen-bond donors (Lipinski definition) is 0. The van der Waals surface area contributed by atoms with Crippen LogP contribution in [0.2, 0.25) is 0 Å². The van der Waals surface area contributed by atoms with E-state index in [2.05, 4.69) is 46.7 Å². The third-order valence-electron chi connectivity index (χ3n) is 1.95. The van der Waals surface area contributed by atoms with E-state index in [-0.39, 0.29) is 0 Å². The summed E-state index contributed by atoms with van der Waals surface area (Å²) >= 11 is 2.29. The second-order valence-electron chi connectivity index (χ2n) is 2.83. The lowest BCUT2D eigenvalue weighted by Gasteiger charge is -2.02. The van der Waals surface area contributed by atoms with Crippen molar-refractivity contribution in [3.63, 3.8) is 0 Å². The first-order chi connectivity index (χ1) is 6.29. The molecule has 2 aromatic rings. The van der Waals surface area contributed by atoms with E-state index in [1.54, 1.807) is 0 Å². The first-order valence-electron chi connectivity index (χ1n) is 4.04. The highest BCUT2D eigenvalue weighted by Crippen LogP contribution is 2.14. The van der Waals surface area contributed by atoms with Gasteiger partial charge in [0.15, 0.2) is 0 Å². The Balaban J connectivity index is 2.53. The van der Waals surface area contributed by atoms with E-state index in [1.807, 2.05) is 29.1 Å². The first-order valence-corrected chi connectivity index (χ1v) is 5.12. The molecule has 0 bridgehead atoms. The Morgan fingerprint density at radius 3 is 2.46 bits per heavy atom. The van der Waals surface area contributed by atoms with Gasteiger partial charge in [0, 0.05) is 0 Å². The lowest BCUT2D eigenvalue weighted by Crippen LogP contribution is -1.97. The number of rotatable bonds is 1. The van der Waals surface area contributed by atoms with Crippen LogP contribution in [0.3, 0.4) is 0 Å². The number of aromatic nitrogens is 2. The average Bonchev–Trinajstić information content (AvgIpc) is 2.49. The molecule has 0 aliphatic rings. The zero-order chi connectivity index (χ0) is 9.26. The normalized spacial score (nSPS) is 10.3. The molecule has 0 aliphatic carbocycles. The topological polar surface area (TPSA) is 17.8 Å². The van der Waals surface area contributed by atoms with Crippen molar-refractivity contribution < 1.29 is 0 Å². The second kappa shape index (κ2) is 3.49. The van der Waals surface area contributed by atoms with Gasteiger partial charge in [0.1, 0.15) is 0 Å². The highest BCUT2D eigenvalue weighted by Gasteiger charge is 2.03. The lowest BCUT2D eigenvalue weighted by molar-refractivity contribution is 0.846. The summed E-state index contributed by atoms with van der Waals surface area (Å²) in [6, 6.07) is 10.1. The molecule has 0 spiro atoms. The molecular formula is C10H9IN2. The minimum absolute atomic E-state index is 1.11. The third-order valence-corrected chi connectivity index (χ3v) is 3.01. The number of nitrogens with zero attached hydrogens (tertiary/aromatic N) is 2. The van der Waals surface area contributed by atoms with E-state index in [4.69, 9.17) is 0 Å². The fraction of sp³-hybridized carbons (Fsp3) is 0.100. The van der Waals surface area contributed by atoms with E-state index in [9.17, 15) is 0 Å². The number of benzene rings is 1. The molecule has 0 atom stereocenters. The van der Waals surface area contributed by atoms with Crippen LogP contribution in [0, 0.1) is 10.5 Å². The van der Waals surface area contributed by atoms with Crippen LogP contribution in [-0.4, -0.2) is 9.78 Å². The van der Waals surface area contributed by atoms with E-state index in [0.717, 1.165) is 5.69 Å². The monoisotopic (exact) mass is 284 g/mol. The molecule has 13 heavy (non-hydrogen) atoms. The summed E-state index contributed by atoms with van der Waals surface area (Å²) in [7, 11) is 0. The first kappa shape index (κ1) is 8.74. The summed E-state index contributed by atoms with van der Waals surface area (Å²) in [5, 5.41) is 4.29. The van der Waals surface area contributed by atoms with Crippen molar-refractivity contribution in [2.75, 3.05) is 0 Å². The maximum atomic E-state index is 4.29. The molecule has 0 radical (unpaired) electrons. The van der Waals surface area contributed by atoms with Gasteiger partial charge < -0.3 is 0 Å². The fourth-order valence-corrected chi connectivity index (χ4v) is 1.57. The molecule has 0 unspecified atom stereocenters. The zero-order valence-electron chi connectivity index (χ0n) is 7.24. The van der Waals surface area contributed by atoms with Crippen molar-refractivity contribution in [3.05, 3.63) is 45.8 Å².